The Hall–Kier alpha value is -2.21. The lowest BCUT2D eigenvalue weighted by molar-refractivity contribution is -0.122. The zero-order chi connectivity index (χ0) is 16.9. The number of hydrogen-bond donors (Lipinski definition) is 1. The second-order valence-electron chi connectivity index (χ2n) is 6.00. The molecule has 1 N–H and O–H groups in total. The van der Waals surface area contributed by atoms with Crippen LogP contribution in [0.2, 0.25) is 0 Å². The number of benzene rings is 1. The van der Waals surface area contributed by atoms with Gasteiger partial charge in [0.1, 0.15) is 0 Å². The van der Waals surface area contributed by atoms with Crippen molar-refractivity contribution in [2.24, 2.45) is 5.92 Å². The van der Waals surface area contributed by atoms with Gasteiger partial charge in [-0.15, -0.1) is 11.3 Å². The Bertz CT molecular complexity index is 698. The number of thiazole rings is 1. The summed E-state index contributed by atoms with van der Waals surface area (Å²) < 4.78 is 0. The van der Waals surface area contributed by atoms with Crippen LogP contribution in [0.5, 0.6) is 0 Å². The molecule has 2 aromatic rings. The minimum atomic E-state index is -0.332. The number of carbonyl (C=O) groups is 2. The Labute approximate surface area is 145 Å². The highest BCUT2D eigenvalue weighted by molar-refractivity contribution is 7.13. The molecule has 1 fully saturated rings. The molecule has 0 bridgehead atoms. The van der Waals surface area contributed by atoms with Crippen molar-refractivity contribution in [1.29, 1.82) is 0 Å². The van der Waals surface area contributed by atoms with Gasteiger partial charge in [0, 0.05) is 30.2 Å². The number of anilines is 2. The quantitative estimate of drug-likeness (QED) is 0.873. The van der Waals surface area contributed by atoms with E-state index >= 15 is 0 Å². The van der Waals surface area contributed by atoms with Crippen LogP contribution in [0.25, 0.3) is 0 Å². The Kier molecular flexibility index (Phi) is 5.25. The first-order valence-electron chi connectivity index (χ1n) is 8.27. The molecule has 1 aromatic heterocycles. The third-order valence-electron chi connectivity index (χ3n) is 4.23. The fraction of sp³-hybridized carbons (Fsp3) is 0.389. The summed E-state index contributed by atoms with van der Waals surface area (Å²) in [7, 11) is 0. The second-order valence-corrected chi connectivity index (χ2v) is 6.90. The Balaban J connectivity index is 1.63. The van der Waals surface area contributed by atoms with Gasteiger partial charge in [-0.1, -0.05) is 25.5 Å². The van der Waals surface area contributed by atoms with Crippen molar-refractivity contribution >= 4 is 34.0 Å². The van der Waals surface area contributed by atoms with Gasteiger partial charge < -0.3 is 10.2 Å². The lowest BCUT2D eigenvalue weighted by Gasteiger charge is -2.17. The van der Waals surface area contributed by atoms with Crippen LogP contribution in [-0.2, 0) is 16.0 Å². The number of aromatic nitrogens is 1. The van der Waals surface area contributed by atoms with E-state index < -0.39 is 0 Å². The standard InChI is InChI=1S/C18H21N3O2S/c1-2-3-4-13-5-7-15(8-6-13)21-12-14(11-16(21)22)17(23)20-18-19-9-10-24-18/h5-10,14H,2-4,11-12H2,1H3,(H,19,20,23)/t14-/m1/s1. The summed E-state index contributed by atoms with van der Waals surface area (Å²) in [5, 5.41) is 5.16. The number of amides is 2. The average Bonchev–Trinajstić information content (AvgIpc) is 3.23. The first-order valence-corrected chi connectivity index (χ1v) is 9.15. The van der Waals surface area contributed by atoms with Crippen molar-refractivity contribution in [3.63, 3.8) is 0 Å². The maximum Gasteiger partial charge on any atom is 0.231 e. The summed E-state index contributed by atoms with van der Waals surface area (Å²) in [5.74, 6) is -0.475. The molecule has 0 saturated carbocycles. The molecule has 0 unspecified atom stereocenters. The number of carbonyl (C=O) groups excluding carboxylic acids is 2. The predicted octanol–water partition coefficient (Wildman–Crippen LogP) is 3.48. The van der Waals surface area contributed by atoms with E-state index in [4.69, 9.17) is 0 Å². The van der Waals surface area contributed by atoms with E-state index in [1.807, 2.05) is 17.5 Å². The maximum atomic E-state index is 12.3. The zero-order valence-electron chi connectivity index (χ0n) is 13.7. The van der Waals surface area contributed by atoms with Gasteiger partial charge in [0.25, 0.3) is 0 Å². The van der Waals surface area contributed by atoms with E-state index in [9.17, 15) is 9.59 Å². The minimum Gasteiger partial charge on any atom is -0.312 e. The fourth-order valence-corrected chi connectivity index (χ4v) is 3.38. The molecule has 24 heavy (non-hydrogen) atoms. The molecule has 1 aliphatic rings. The molecule has 1 atom stereocenters. The van der Waals surface area contributed by atoms with E-state index in [1.165, 1.54) is 29.7 Å². The molecule has 0 radical (unpaired) electrons. The van der Waals surface area contributed by atoms with Gasteiger partial charge in [0.15, 0.2) is 5.13 Å². The monoisotopic (exact) mass is 343 g/mol. The summed E-state index contributed by atoms with van der Waals surface area (Å²) in [6.45, 7) is 2.60. The molecular formula is C18H21N3O2S. The number of nitrogens with zero attached hydrogens (tertiary/aromatic N) is 2. The highest BCUT2D eigenvalue weighted by Gasteiger charge is 2.35. The molecule has 0 aliphatic carbocycles. The average molecular weight is 343 g/mol. The van der Waals surface area contributed by atoms with Crippen LogP contribution < -0.4 is 10.2 Å². The normalized spacial score (nSPS) is 17.3. The summed E-state index contributed by atoms with van der Waals surface area (Å²) in [6.07, 6.45) is 5.29. The van der Waals surface area contributed by atoms with Crippen molar-refractivity contribution in [1.82, 2.24) is 4.98 Å². The van der Waals surface area contributed by atoms with Crippen LogP contribution in [0, 0.1) is 5.92 Å². The molecule has 2 amide bonds. The smallest absolute Gasteiger partial charge is 0.231 e. The van der Waals surface area contributed by atoms with E-state index in [0.29, 0.717) is 11.7 Å². The SMILES string of the molecule is CCCCc1ccc(N2C[C@H](C(=O)Nc3nccs3)CC2=O)cc1. The molecule has 1 aromatic carbocycles. The van der Waals surface area contributed by atoms with Crippen LogP contribution in [0.4, 0.5) is 10.8 Å². The maximum absolute atomic E-state index is 12.3. The third-order valence-corrected chi connectivity index (χ3v) is 4.91. The van der Waals surface area contributed by atoms with Gasteiger partial charge >= 0.3 is 0 Å². The van der Waals surface area contributed by atoms with E-state index in [2.05, 4.69) is 29.4 Å². The third kappa shape index (κ3) is 3.82. The van der Waals surface area contributed by atoms with Gasteiger partial charge in [-0.05, 0) is 30.5 Å². The van der Waals surface area contributed by atoms with Crippen molar-refractivity contribution in [2.45, 2.75) is 32.6 Å². The molecular weight excluding hydrogens is 322 g/mol. The first-order chi connectivity index (χ1) is 11.7. The van der Waals surface area contributed by atoms with Gasteiger partial charge in [-0.25, -0.2) is 4.98 Å². The molecule has 0 spiro atoms. The number of unbranched alkanes of at least 4 members (excludes halogenated alkanes) is 1. The van der Waals surface area contributed by atoms with Crippen molar-refractivity contribution in [3.8, 4) is 0 Å². The fourth-order valence-electron chi connectivity index (χ4n) is 2.85. The Morgan fingerprint density at radius 1 is 1.38 bits per heavy atom. The minimum absolute atomic E-state index is 0.00408. The van der Waals surface area contributed by atoms with Crippen LogP contribution >= 0.6 is 11.3 Å². The molecule has 2 heterocycles. The van der Waals surface area contributed by atoms with Gasteiger partial charge in [0.05, 0.1) is 5.92 Å². The Morgan fingerprint density at radius 3 is 2.83 bits per heavy atom. The topological polar surface area (TPSA) is 62.3 Å². The summed E-state index contributed by atoms with van der Waals surface area (Å²) in [5.41, 5.74) is 2.15. The molecule has 126 valence electrons. The predicted molar refractivity (Wildman–Crippen MR) is 96.3 cm³/mol. The van der Waals surface area contributed by atoms with E-state index in [-0.39, 0.29) is 24.2 Å². The molecule has 1 aliphatic heterocycles. The van der Waals surface area contributed by atoms with Crippen LogP contribution in [0.15, 0.2) is 35.8 Å². The number of aryl methyl sites for hydroxylation is 1. The largest absolute Gasteiger partial charge is 0.312 e. The van der Waals surface area contributed by atoms with Crippen molar-refractivity contribution in [3.05, 3.63) is 41.4 Å². The van der Waals surface area contributed by atoms with Crippen molar-refractivity contribution in [2.75, 3.05) is 16.8 Å². The van der Waals surface area contributed by atoms with Gasteiger partial charge in [-0.3, -0.25) is 9.59 Å². The van der Waals surface area contributed by atoms with Gasteiger partial charge in [-0.2, -0.15) is 0 Å². The molecule has 6 heteroatoms. The van der Waals surface area contributed by atoms with Gasteiger partial charge in [0.2, 0.25) is 11.8 Å². The van der Waals surface area contributed by atoms with E-state index in [0.717, 1.165) is 12.1 Å². The lowest BCUT2D eigenvalue weighted by atomic mass is 10.1. The molecule has 1 saturated heterocycles. The summed E-state index contributed by atoms with van der Waals surface area (Å²) in [6, 6.07) is 8.09. The lowest BCUT2D eigenvalue weighted by Crippen LogP contribution is -2.28. The highest BCUT2D eigenvalue weighted by atomic mass is 32.1. The van der Waals surface area contributed by atoms with E-state index in [1.54, 1.807) is 11.1 Å². The number of hydrogen-bond acceptors (Lipinski definition) is 4. The zero-order valence-corrected chi connectivity index (χ0v) is 14.5. The summed E-state index contributed by atoms with van der Waals surface area (Å²) >= 11 is 1.37. The molecule has 5 nitrogen and oxygen atoms in total. The van der Waals surface area contributed by atoms with Crippen molar-refractivity contribution < 1.29 is 9.59 Å². The number of rotatable bonds is 6. The molecule has 3 rings (SSSR count). The van der Waals surface area contributed by atoms with Crippen LogP contribution in [-0.4, -0.2) is 23.3 Å². The number of nitrogens with one attached hydrogen (secondary N) is 1. The van der Waals surface area contributed by atoms with Crippen LogP contribution in [0.1, 0.15) is 31.7 Å². The summed E-state index contributed by atoms with van der Waals surface area (Å²) in [4.78, 5) is 30.3. The Morgan fingerprint density at radius 2 is 2.17 bits per heavy atom. The highest BCUT2D eigenvalue weighted by Crippen LogP contribution is 2.26. The first kappa shape index (κ1) is 16.6. The second kappa shape index (κ2) is 7.57. The van der Waals surface area contributed by atoms with Crippen LogP contribution in [0.3, 0.4) is 0 Å².